The number of rotatable bonds is 7. The van der Waals surface area contributed by atoms with Crippen LogP contribution in [0.2, 0.25) is 0 Å². The van der Waals surface area contributed by atoms with Crippen molar-refractivity contribution in [1.29, 1.82) is 0 Å². The number of nitrogens with one attached hydrogen (secondary N) is 1. The summed E-state index contributed by atoms with van der Waals surface area (Å²) in [7, 11) is 1.83. The third kappa shape index (κ3) is 6.82. The quantitative estimate of drug-likeness (QED) is 0.588. The second-order valence-corrected chi connectivity index (χ2v) is 5.65. The summed E-state index contributed by atoms with van der Waals surface area (Å²) in [4.78, 5) is 23.7. The molecule has 1 amide bonds. The second-order valence-electron chi connectivity index (χ2n) is 5.65. The lowest BCUT2D eigenvalue weighted by molar-refractivity contribution is -0.384. The van der Waals surface area contributed by atoms with Crippen molar-refractivity contribution in [3.63, 3.8) is 0 Å². The number of hydrogen-bond acceptors (Lipinski definition) is 5. The molecular weight excluding hydrogens is 274 g/mol. The van der Waals surface area contributed by atoms with E-state index in [0.29, 0.717) is 18.8 Å². The van der Waals surface area contributed by atoms with Crippen LogP contribution in [0.5, 0.6) is 0 Å². The largest absolute Gasteiger partial charge is 0.389 e. The number of non-ortho nitro benzene ring substituents is 1. The first kappa shape index (κ1) is 17.1. The van der Waals surface area contributed by atoms with Gasteiger partial charge in [-0.15, -0.1) is 0 Å². The molecule has 0 aliphatic rings. The Hall–Kier alpha value is -1.99. The Balaban J connectivity index is 2.41. The summed E-state index contributed by atoms with van der Waals surface area (Å²) in [5.41, 5.74) is -0.294. The Bertz CT molecular complexity index is 494. The van der Waals surface area contributed by atoms with E-state index in [-0.39, 0.29) is 18.0 Å². The molecule has 7 nitrogen and oxygen atoms in total. The number of anilines is 1. The summed E-state index contributed by atoms with van der Waals surface area (Å²) in [5.74, 6) is -0.175. The lowest BCUT2D eigenvalue weighted by atomic mass is 10.1. The Kier molecular flexibility index (Phi) is 5.80. The summed E-state index contributed by atoms with van der Waals surface area (Å²) in [6.45, 7) is 4.40. The number of nitrogens with zero attached hydrogens (tertiary/aromatic N) is 2. The van der Waals surface area contributed by atoms with Gasteiger partial charge >= 0.3 is 0 Å². The maximum Gasteiger partial charge on any atom is 0.269 e. The van der Waals surface area contributed by atoms with E-state index >= 15 is 0 Å². The van der Waals surface area contributed by atoms with Crippen LogP contribution in [0.15, 0.2) is 24.3 Å². The van der Waals surface area contributed by atoms with Crippen LogP contribution in [-0.4, -0.2) is 46.6 Å². The van der Waals surface area contributed by atoms with Crippen molar-refractivity contribution in [3.05, 3.63) is 34.4 Å². The summed E-state index contributed by atoms with van der Waals surface area (Å²) in [6.07, 6.45) is 0.281. The molecule has 0 bridgehead atoms. The lowest BCUT2D eigenvalue weighted by Crippen LogP contribution is -2.37. The van der Waals surface area contributed by atoms with E-state index in [9.17, 15) is 20.0 Å². The zero-order valence-electron chi connectivity index (χ0n) is 12.5. The predicted molar refractivity (Wildman–Crippen MR) is 80.1 cm³/mol. The average Bonchev–Trinajstić information content (AvgIpc) is 2.35. The van der Waals surface area contributed by atoms with Crippen molar-refractivity contribution in [2.45, 2.75) is 25.9 Å². The van der Waals surface area contributed by atoms with E-state index in [0.717, 1.165) is 0 Å². The molecule has 0 fully saturated rings. The molecule has 21 heavy (non-hydrogen) atoms. The van der Waals surface area contributed by atoms with E-state index in [2.05, 4.69) is 5.32 Å². The highest BCUT2D eigenvalue weighted by Gasteiger charge is 2.16. The van der Waals surface area contributed by atoms with Crippen LogP contribution in [0.1, 0.15) is 20.3 Å². The molecule has 7 heteroatoms. The monoisotopic (exact) mass is 295 g/mol. The zero-order chi connectivity index (χ0) is 16.0. The minimum Gasteiger partial charge on any atom is -0.389 e. The van der Waals surface area contributed by atoms with Gasteiger partial charge in [-0.3, -0.25) is 14.9 Å². The fourth-order valence-electron chi connectivity index (χ4n) is 1.92. The molecule has 0 aliphatic heterocycles. The van der Waals surface area contributed by atoms with Gasteiger partial charge in [-0.05, 0) is 33.0 Å². The highest BCUT2D eigenvalue weighted by Crippen LogP contribution is 2.15. The summed E-state index contributed by atoms with van der Waals surface area (Å²) in [6, 6.07) is 5.68. The predicted octanol–water partition coefficient (Wildman–Crippen LogP) is 1.63. The van der Waals surface area contributed by atoms with Crippen LogP contribution in [0.25, 0.3) is 0 Å². The van der Waals surface area contributed by atoms with Gasteiger partial charge < -0.3 is 15.3 Å². The van der Waals surface area contributed by atoms with Crippen LogP contribution in [-0.2, 0) is 4.79 Å². The van der Waals surface area contributed by atoms with Gasteiger partial charge in [-0.1, -0.05) is 0 Å². The van der Waals surface area contributed by atoms with Gasteiger partial charge in [-0.25, -0.2) is 0 Å². The average molecular weight is 295 g/mol. The number of hydrogen-bond donors (Lipinski definition) is 2. The molecule has 0 radical (unpaired) electrons. The molecule has 0 aliphatic carbocycles. The van der Waals surface area contributed by atoms with Gasteiger partial charge in [0, 0.05) is 37.3 Å². The van der Waals surface area contributed by atoms with Gasteiger partial charge in [0.2, 0.25) is 5.91 Å². The normalized spacial score (nSPS) is 11.5. The van der Waals surface area contributed by atoms with E-state index in [1.807, 2.05) is 11.9 Å². The standard InChI is InChI=1S/C14H21N3O4/c1-14(2,19)10-16(3)9-8-13(18)15-11-4-6-12(7-5-11)17(20)21/h4-7,19H,8-10H2,1-3H3,(H,15,18). The molecule has 2 N–H and O–H groups in total. The Morgan fingerprint density at radius 3 is 2.43 bits per heavy atom. The van der Waals surface area contributed by atoms with Crippen molar-refractivity contribution in [2.75, 3.05) is 25.5 Å². The second kappa shape index (κ2) is 7.14. The molecule has 0 saturated heterocycles. The van der Waals surface area contributed by atoms with E-state index in [4.69, 9.17) is 0 Å². The Morgan fingerprint density at radius 2 is 1.95 bits per heavy atom. The van der Waals surface area contributed by atoms with Crippen LogP contribution < -0.4 is 5.32 Å². The number of carbonyl (C=O) groups excluding carboxylic acids is 1. The Morgan fingerprint density at radius 1 is 1.38 bits per heavy atom. The van der Waals surface area contributed by atoms with Gasteiger partial charge in [0.25, 0.3) is 5.69 Å². The first-order valence-electron chi connectivity index (χ1n) is 6.62. The summed E-state index contributed by atoms with van der Waals surface area (Å²) < 4.78 is 0. The van der Waals surface area contributed by atoms with Crippen molar-refractivity contribution in [3.8, 4) is 0 Å². The Labute approximate surface area is 123 Å². The molecule has 1 aromatic rings. The van der Waals surface area contributed by atoms with E-state index < -0.39 is 10.5 Å². The molecule has 0 aromatic heterocycles. The van der Waals surface area contributed by atoms with Crippen molar-refractivity contribution >= 4 is 17.3 Å². The van der Waals surface area contributed by atoms with Gasteiger partial charge in [0.05, 0.1) is 10.5 Å². The molecule has 0 saturated carbocycles. The fraction of sp³-hybridized carbons (Fsp3) is 0.500. The number of likely N-dealkylation sites (N-methyl/N-ethyl adjacent to an activating group) is 1. The molecule has 0 atom stereocenters. The first-order chi connectivity index (χ1) is 9.67. The maximum absolute atomic E-state index is 11.8. The minimum atomic E-state index is -0.802. The molecular formula is C14H21N3O4. The number of aliphatic hydroxyl groups is 1. The fourth-order valence-corrected chi connectivity index (χ4v) is 1.92. The third-order valence-corrected chi connectivity index (χ3v) is 2.74. The summed E-state index contributed by atoms with van der Waals surface area (Å²) in [5, 5.41) is 22.9. The molecule has 1 rings (SSSR count). The summed E-state index contributed by atoms with van der Waals surface area (Å²) >= 11 is 0. The van der Waals surface area contributed by atoms with E-state index in [1.54, 1.807) is 13.8 Å². The highest BCUT2D eigenvalue weighted by atomic mass is 16.6. The number of amides is 1. The van der Waals surface area contributed by atoms with E-state index in [1.165, 1.54) is 24.3 Å². The number of nitro groups is 1. The number of nitro benzene ring substituents is 1. The lowest BCUT2D eigenvalue weighted by Gasteiger charge is -2.25. The van der Waals surface area contributed by atoms with Crippen molar-refractivity contribution < 1.29 is 14.8 Å². The molecule has 0 unspecified atom stereocenters. The van der Waals surface area contributed by atoms with Crippen molar-refractivity contribution in [2.24, 2.45) is 0 Å². The first-order valence-corrected chi connectivity index (χ1v) is 6.62. The van der Waals surface area contributed by atoms with Crippen LogP contribution in [0, 0.1) is 10.1 Å². The molecule has 116 valence electrons. The SMILES string of the molecule is CN(CCC(=O)Nc1ccc([N+](=O)[O-])cc1)CC(C)(C)O. The number of carbonyl (C=O) groups is 1. The van der Waals surface area contributed by atoms with Gasteiger partial charge in [0.15, 0.2) is 0 Å². The highest BCUT2D eigenvalue weighted by molar-refractivity contribution is 5.90. The molecule has 0 spiro atoms. The van der Waals surface area contributed by atoms with Crippen LogP contribution in [0.4, 0.5) is 11.4 Å². The molecule has 1 aromatic carbocycles. The number of benzene rings is 1. The topological polar surface area (TPSA) is 95.7 Å². The smallest absolute Gasteiger partial charge is 0.269 e. The molecule has 0 heterocycles. The van der Waals surface area contributed by atoms with Crippen LogP contribution in [0.3, 0.4) is 0 Å². The van der Waals surface area contributed by atoms with Gasteiger partial charge in [0.1, 0.15) is 0 Å². The minimum absolute atomic E-state index is 0.0158. The third-order valence-electron chi connectivity index (χ3n) is 2.74. The maximum atomic E-state index is 11.8. The van der Waals surface area contributed by atoms with Crippen molar-refractivity contribution in [1.82, 2.24) is 4.90 Å². The van der Waals surface area contributed by atoms with Gasteiger partial charge in [-0.2, -0.15) is 0 Å². The van der Waals surface area contributed by atoms with Crippen LogP contribution >= 0.6 is 0 Å². The zero-order valence-corrected chi connectivity index (χ0v) is 12.5.